The number of ether oxygens (including phenoxy) is 4. The van der Waals surface area contributed by atoms with Gasteiger partial charge in [0.2, 0.25) is 0 Å². The highest BCUT2D eigenvalue weighted by Crippen LogP contribution is 2.30. The molecule has 242 valence electrons. The Labute approximate surface area is 266 Å². The van der Waals surface area contributed by atoms with Gasteiger partial charge in [0.1, 0.15) is 29.4 Å². The molecule has 0 radical (unpaired) electrons. The molecule has 14 heteroatoms. The van der Waals surface area contributed by atoms with Gasteiger partial charge in [-0.15, -0.1) is 0 Å². The molecular weight excluding hydrogens is 594 g/mol. The Hall–Kier alpha value is -4.98. The number of amides is 3. The molecule has 2 aromatic heterocycles. The Kier molecular flexibility index (Phi) is 8.88. The molecule has 14 nitrogen and oxygen atoms in total. The number of nitrogens with one attached hydrogen (secondary N) is 2. The zero-order valence-electron chi connectivity index (χ0n) is 26.0. The molecule has 3 aliphatic heterocycles. The van der Waals surface area contributed by atoms with E-state index in [1.165, 1.54) is 4.90 Å². The summed E-state index contributed by atoms with van der Waals surface area (Å²) in [6.07, 6.45) is 1.63. The van der Waals surface area contributed by atoms with E-state index in [0.29, 0.717) is 74.4 Å². The van der Waals surface area contributed by atoms with Gasteiger partial charge in [-0.3, -0.25) is 9.69 Å². The molecule has 3 aliphatic rings. The van der Waals surface area contributed by atoms with Crippen molar-refractivity contribution in [3.8, 4) is 22.8 Å². The zero-order chi connectivity index (χ0) is 32.3. The molecule has 5 heterocycles. The minimum Gasteiger partial charge on any atom is -0.487 e. The Morgan fingerprint density at radius 1 is 1.15 bits per heavy atom. The number of benzene rings is 1. The van der Waals surface area contributed by atoms with Gasteiger partial charge >= 0.3 is 12.2 Å². The van der Waals surface area contributed by atoms with Crippen molar-refractivity contribution in [3.05, 3.63) is 54.2 Å². The first kappa shape index (κ1) is 31.0. The highest BCUT2D eigenvalue weighted by atomic mass is 16.6. The average molecular weight is 632 g/mol. The first-order valence-corrected chi connectivity index (χ1v) is 15.3. The lowest BCUT2D eigenvalue weighted by Crippen LogP contribution is -2.36. The van der Waals surface area contributed by atoms with Crippen LogP contribution in [0.1, 0.15) is 39.2 Å². The predicted molar refractivity (Wildman–Crippen MR) is 167 cm³/mol. The fourth-order valence-corrected chi connectivity index (χ4v) is 5.36. The molecule has 0 unspecified atom stereocenters. The van der Waals surface area contributed by atoms with Crippen LogP contribution in [0.25, 0.3) is 11.3 Å². The fraction of sp³-hybridized carbons (Fsp3) is 0.438. The number of pyridine rings is 1. The van der Waals surface area contributed by atoms with E-state index in [2.05, 4.69) is 25.8 Å². The summed E-state index contributed by atoms with van der Waals surface area (Å²) in [6, 6.07) is 13.2. The van der Waals surface area contributed by atoms with E-state index in [1.807, 2.05) is 51.1 Å². The molecule has 2 saturated heterocycles. The van der Waals surface area contributed by atoms with E-state index in [0.717, 1.165) is 11.1 Å². The molecule has 2 N–H and O–H groups in total. The summed E-state index contributed by atoms with van der Waals surface area (Å²) in [7, 11) is 0. The van der Waals surface area contributed by atoms with Crippen molar-refractivity contribution in [2.75, 3.05) is 43.0 Å². The van der Waals surface area contributed by atoms with Gasteiger partial charge in [-0.1, -0.05) is 18.2 Å². The summed E-state index contributed by atoms with van der Waals surface area (Å²) < 4.78 is 22.5. The van der Waals surface area contributed by atoms with E-state index in [-0.39, 0.29) is 30.8 Å². The van der Waals surface area contributed by atoms with E-state index < -0.39 is 11.7 Å². The van der Waals surface area contributed by atoms with Gasteiger partial charge in [0.05, 0.1) is 25.0 Å². The van der Waals surface area contributed by atoms with Gasteiger partial charge in [-0.05, 0) is 57.5 Å². The van der Waals surface area contributed by atoms with E-state index in [9.17, 15) is 14.4 Å². The quantitative estimate of drug-likeness (QED) is 0.331. The maximum atomic E-state index is 12.5. The van der Waals surface area contributed by atoms with Crippen LogP contribution in [0.4, 0.5) is 21.2 Å². The molecule has 0 spiro atoms. The van der Waals surface area contributed by atoms with Crippen molar-refractivity contribution < 1.29 is 33.3 Å². The van der Waals surface area contributed by atoms with Crippen molar-refractivity contribution in [2.45, 2.75) is 58.0 Å². The highest BCUT2D eigenvalue weighted by Gasteiger charge is 2.34. The maximum absolute atomic E-state index is 12.5. The second kappa shape index (κ2) is 13.2. The summed E-state index contributed by atoms with van der Waals surface area (Å²) in [5.74, 6) is 1.45. The van der Waals surface area contributed by atoms with E-state index >= 15 is 0 Å². The van der Waals surface area contributed by atoms with Crippen LogP contribution < -0.4 is 25.0 Å². The molecule has 0 saturated carbocycles. The molecule has 0 bridgehead atoms. The van der Waals surface area contributed by atoms with Gasteiger partial charge in [-0.25, -0.2) is 14.6 Å². The van der Waals surface area contributed by atoms with Crippen LogP contribution in [0.5, 0.6) is 11.5 Å². The highest BCUT2D eigenvalue weighted by molar-refractivity contribution is 5.95. The molecule has 1 aromatic carbocycles. The van der Waals surface area contributed by atoms with Gasteiger partial charge in [0, 0.05) is 31.1 Å². The van der Waals surface area contributed by atoms with Gasteiger partial charge < -0.3 is 34.5 Å². The Balaban J connectivity index is 0.976. The van der Waals surface area contributed by atoms with Crippen LogP contribution in [0, 0.1) is 0 Å². The molecule has 46 heavy (non-hydrogen) atoms. The third-order valence-electron chi connectivity index (χ3n) is 7.53. The average Bonchev–Trinajstić information content (AvgIpc) is 3.65. The van der Waals surface area contributed by atoms with Gasteiger partial charge in [-0.2, -0.15) is 10.2 Å². The second-order valence-electron chi connectivity index (χ2n) is 12.4. The van der Waals surface area contributed by atoms with Crippen molar-refractivity contribution in [1.82, 2.24) is 25.4 Å². The van der Waals surface area contributed by atoms with Gasteiger partial charge in [0.15, 0.2) is 18.2 Å². The number of rotatable bonds is 9. The zero-order valence-corrected chi connectivity index (χ0v) is 26.0. The maximum Gasteiger partial charge on any atom is 0.415 e. The Morgan fingerprint density at radius 2 is 2.02 bits per heavy atom. The second-order valence-corrected chi connectivity index (χ2v) is 12.4. The molecule has 3 aromatic rings. The number of carbonyl (C=O) groups excluding carboxylic acids is 3. The number of nitrogens with zero attached hydrogens (tertiary/aromatic N) is 5. The molecule has 3 amide bonds. The lowest BCUT2D eigenvalue weighted by molar-refractivity contribution is -0.118. The summed E-state index contributed by atoms with van der Waals surface area (Å²) in [5, 5.41) is 14.5. The first-order valence-electron chi connectivity index (χ1n) is 15.3. The van der Waals surface area contributed by atoms with Gasteiger partial charge in [0.25, 0.3) is 5.91 Å². The number of fused-ring (bicyclic) bond motifs is 1. The molecule has 2 atom stereocenters. The Morgan fingerprint density at radius 3 is 2.87 bits per heavy atom. The van der Waals surface area contributed by atoms with Crippen molar-refractivity contribution in [1.29, 1.82) is 0 Å². The van der Waals surface area contributed by atoms with Crippen molar-refractivity contribution >= 4 is 29.7 Å². The number of hydrogen-bond acceptors (Lipinski definition) is 11. The number of hydrogen-bond donors (Lipinski definition) is 2. The standard InChI is InChI=1S/C32H37N7O7/c1-32(2,3)46-30(41)38-12-10-23(17-38)44-24-14-25(37-34-16-24)21-6-4-5-20(13-21)15-33-11-9-22-18-39(31(42)45-22)27-8-7-26-29(35-27)36-28(40)19-43-26/h4-8,13-14,16,22-23,33H,9-12,15,17-19H2,1-3H3,(H,35,36,40)/t22-,23+/m0/s1. The lowest BCUT2D eigenvalue weighted by atomic mass is 10.1. The minimum absolute atomic E-state index is 0.0608. The molecule has 0 aliphatic carbocycles. The summed E-state index contributed by atoms with van der Waals surface area (Å²) in [4.78, 5) is 44.1. The smallest absolute Gasteiger partial charge is 0.415 e. The Bertz CT molecular complexity index is 1610. The predicted octanol–water partition coefficient (Wildman–Crippen LogP) is 3.76. The number of anilines is 2. The summed E-state index contributed by atoms with van der Waals surface area (Å²) >= 11 is 0. The van der Waals surface area contributed by atoms with Crippen LogP contribution >= 0.6 is 0 Å². The lowest BCUT2D eigenvalue weighted by Gasteiger charge is -2.24. The van der Waals surface area contributed by atoms with Crippen LogP contribution in [-0.4, -0.2) is 88.8 Å². The number of carbonyl (C=O) groups is 3. The van der Waals surface area contributed by atoms with Crippen LogP contribution in [0.15, 0.2) is 48.7 Å². The monoisotopic (exact) mass is 631 g/mol. The van der Waals surface area contributed by atoms with Crippen LogP contribution in [0.2, 0.25) is 0 Å². The summed E-state index contributed by atoms with van der Waals surface area (Å²) in [5.41, 5.74) is 2.10. The third kappa shape index (κ3) is 7.62. The number of cyclic esters (lactones) is 1. The minimum atomic E-state index is -0.545. The van der Waals surface area contributed by atoms with Crippen LogP contribution in [-0.2, 0) is 20.8 Å². The molecular formula is C32H37N7O7. The van der Waals surface area contributed by atoms with E-state index in [1.54, 1.807) is 23.2 Å². The number of likely N-dealkylation sites (tertiary alicyclic amines) is 1. The van der Waals surface area contributed by atoms with E-state index in [4.69, 9.17) is 18.9 Å². The summed E-state index contributed by atoms with van der Waals surface area (Å²) in [6.45, 7) is 8.10. The molecule has 6 rings (SSSR count). The first-order chi connectivity index (χ1) is 22.1. The fourth-order valence-electron chi connectivity index (χ4n) is 5.36. The SMILES string of the molecule is CC(C)(C)OC(=O)N1CC[C@@H](Oc2cnnc(-c3cccc(CNCC[C@H]4CN(c5ccc6c(n5)NC(=O)CO6)C(=O)O4)c3)c2)C1. The third-order valence-corrected chi connectivity index (χ3v) is 7.53. The van der Waals surface area contributed by atoms with Crippen molar-refractivity contribution in [3.63, 3.8) is 0 Å². The normalized spacial score (nSPS) is 19.3. The topological polar surface area (TPSA) is 157 Å². The largest absolute Gasteiger partial charge is 0.487 e. The van der Waals surface area contributed by atoms with Crippen LogP contribution in [0.3, 0.4) is 0 Å². The molecule has 2 fully saturated rings. The van der Waals surface area contributed by atoms with Crippen molar-refractivity contribution in [2.24, 2.45) is 0 Å². The number of aromatic nitrogens is 3.